The van der Waals surface area contributed by atoms with Gasteiger partial charge in [0, 0.05) is 25.1 Å². The number of carbonyl (C=O) groups is 1. The molecule has 0 fully saturated rings. The summed E-state index contributed by atoms with van der Waals surface area (Å²) in [6, 6.07) is 11.5. The minimum absolute atomic E-state index is 0.0766. The first kappa shape index (κ1) is 13.8. The molecule has 1 aliphatic heterocycles. The van der Waals surface area contributed by atoms with Gasteiger partial charge in [0.1, 0.15) is 0 Å². The van der Waals surface area contributed by atoms with Crippen molar-refractivity contribution in [1.82, 2.24) is 10.1 Å². The van der Waals surface area contributed by atoms with Gasteiger partial charge in [-0.3, -0.25) is 4.79 Å². The average Bonchev–Trinajstić information content (AvgIpc) is 3.31. The maximum atomic E-state index is 12.4. The molecule has 0 atom stereocenters. The van der Waals surface area contributed by atoms with E-state index in [9.17, 15) is 4.79 Å². The van der Waals surface area contributed by atoms with Crippen LogP contribution in [0.25, 0.3) is 11.6 Å². The van der Waals surface area contributed by atoms with Crippen LogP contribution in [0.5, 0.6) is 0 Å². The van der Waals surface area contributed by atoms with E-state index in [-0.39, 0.29) is 5.91 Å². The SMILES string of the molecule is O=C(CCc1nc(-c2ccco2)no1)N1CCc2ccccc21. The van der Waals surface area contributed by atoms with Crippen molar-refractivity contribution in [1.29, 1.82) is 0 Å². The summed E-state index contributed by atoms with van der Waals surface area (Å²) < 4.78 is 10.4. The molecule has 6 nitrogen and oxygen atoms in total. The number of aromatic nitrogens is 2. The summed E-state index contributed by atoms with van der Waals surface area (Å²) in [5.74, 6) is 1.48. The smallest absolute Gasteiger partial charge is 0.238 e. The van der Waals surface area contributed by atoms with Crippen LogP contribution in [0.2, 0.25) is 0 Å². The van der Waals surface area contributed by atoms with E-state index in [0.717, 1.165) is 18.7 Å². The van der Waals surface area contributed by atoms with Gasteiger partial charge in [-0.2, -0.15) is 4.98 Å². The first-order valence-corrected chi connectivity index (χ1v) is 7.56. The summed E-state index contributed by atoms with van der Waals surface area (Å²) in [6.07, 6.45) is 3.23. The number of rotatable bonds is 4. The number of nitrogens with zero attached hydrogens (tertiary/aromatic N) is 3. The van der Waals surface area contributed by atoms with Gasteiger partial charge in [0.2, 0.25) is 17.6 Å². The van der Waals surface area contributed by atoms with Crippen LogP contribution in [-0.2, 0) is 17.6 Å². The second-order valence-electron chi connectivity index (χ2n) is 5.41. The standard InChI is InChI=1S/C17H15N3O3/c21-16(20-10-9-12-4-1-2-5-13(12)20)8-7-15-18-17(19-23-15)14-6-3-11-22-14/h1-6,11H,7-10H2. The fourth-order valence-corrected chi connectivity index (χ4v) is 2.81. The maximum Gasteiger partial charge on any atom is 0.238 e. The van der Waals surface area contributed by atoms with Crippen LogP contribution >= 0.6 is 0 Å². The molecule has 0 unspecified atom stereocenters. The van der Waals surface area contributed by atoms with Gasteiger partial charge in [-0.05, 0) is 30.2 Å². The zero-order valence-corrected chi connectivity index (χ0v) is 12.4. The zero-order valence-electron chi connectivity index (χ0n) is 12.4. The van der Waals surface area contributed by atoms with E-state index in [2.05, 4.69) is 16.2 Å². The molecule has 0 N–H and O–H groups in total. The molecule has 0 saturated carbocycles. The number of carbonyl (C=O) groups excluding carboxylic acids is 1. The highest BCUT2D eigenvalue weighted by Crippen LogP contribution is 2.28. The van der Waals surface area contributed by atoms with Gasteiger partial charge in [-0.1, -0.05) is 23.4 Å². The van der Waals surface area contributed by atoms with Crippen molar-refractivity contribution in [3.8, 4) is 11.6 Å². The molecule has 0 aliphatic carbocycles. The van der Waals surface area contributed by atoms with E-state index in [1.54, 1.807) is 18.4 Å². The minimum Gasteiger partial charge on any atom is -0.461 e. The lowest BCUT2D eigenvalue weighted by Gasteiger charge is -2.16. The van der Waals surface area contributed by atoms with Crippen LogP contribution in [0.1, 0.15) is 17.9 Å². The lowest BCUT2D eigenvalue weighted by Crippen LogP contribution is -2.29. The molecule has 3 heterocycles. The Morgan fingerprint density at radius 1 is 1.22 bits per heavy atom. The normalized spacial score (nSPS) is 13.3. The van der Waals surface area contributed by atoms with E-state index in [0.29, 0.717) is 30.3 Å². The van der Waals surface area contributed by atoms with Crippen molar-refractivity contribution in [3.05, 3.63) is 54.1 Å². The molecule has 0 radical (unpaired) electrons. The Labute approximate surface area is 132 Å². The summed E-state index contributed by atoms with van der Waals surface area (Å²) in [7, 11) is 0. The average molecular weight is 309 g/mol. The Morgan fingerprint density at radius 3 is 3.00 bits per heavy atom. The number of para-hydroxylation sites is 1. The summed E-state index contributed by atoms with van der Waals surface area (Å²) in [5.41, 5.74) is 2.23. The number of benzene rings is 1. The molecule has 1 amide bonds. The summed E-state index contributed by atoms with van der Waals surface area (Å²) in [6.45, 7) is 0.736. The Kier molecular flexibility index (Phi) is 3.42. The third kappa shape index (κ3) is 2.63. The highest BCUT2D eigenvalue weighted by Gasteiger charge is 2.24. The Bertz CT molecular complexity index is 823. The summed E-state index contributed by atoms with van der Waals surface area (Å²) in [4.78, 5) is 18.5. The van der Waals surface area contributed by atoms with Gasteiger partial charge in [0.15, 0.2) is 5.76 Å². The first-order valence-electron chi connectivity index (χ1n) is 7.56. The maximum absolute atomic E-state index is 12.4. The highest BCUT2D eigenvalue weighted by molar-refractivity contribution is 5.95. The molecule has 4 rings (SSSR count). The van der Waals surface area contributed by atoms with Crippen molar-refractivity contribution in [2.24, 2.45) is 0 Å². The van der Waals surface area contributed by atoms with Crippen molar-refractivity contribution in [2.45, 2.75) is 19.3 Å². The summed E-state index contributed by atoms with van der Waals surface area (Å²) in [5, 5.41) is 3.87. The molecule has 116 valence electrons. The first-order chi connectivity index (χ1) is 11.3. The third-order valence-electron chi connectivity index (χ3n) is 3.95. The van der Waals surface area contributed by atoms with Crippen LogP contribution in [0.3, 0.4) is 0 Å². The number of hydrogen-bond donors (Lipinski definition) is 0. The van der Waals surface area contributed by atoms with Crippen LogP contribution in [0.15, 0.2) is 51.6 Å². The van der Waals surface area contributed by atoms with Crippen molar-refractivity contribution >= 4 is 11.6 Å². The van der Waals surface area contributed by atoms with Crippen molar-refractivity contribution in [2.75, 3.05) is 11.4 Å². The number of furan rings is 1. The van der Waals surface area contributed by atoms with Gasteiger partial charge in [-0.25, -0.2) is 0 Å². The Hall–Kier alpha value is -2.89. The van der Waals surface area contributed by atoms with E-state index in [1.165, 1.54) is 5.56 Å². The number of anilines is 1. The topological polar surface area (TPSA) is 72.4 Å². The lowest BCUT2D eigenvalue weighted by molar-refractivity contribution is -0.118. The van der Waals surface area contributed by atoms with E-state index >= 15 is 0 Å². The molecule has 2 aromatic heterocycles. The lowest BCUT2D eigenvalue weighted by atomic mass is 10.2. The molecular weight excluding hydrogens is 294 g/mol. The largest absolute Gasteiger partial charge is 0.461 e. The van der Waals surface area contributed by atoms with Crippen LogP contribution in [-0.4, -0.2) is 22.6 Å². The van der Waals surface area contributed by atoms with Crippen LogP contribution < -0.4 is 4.90 Å². The predicted octanol–water partition coefficient (Wildman–Crippen LogP) is 2.85. The molecule has 1 aliphatic rings. The van der Waals surface area contributed by atoms with Gasteiger partial charge in [0.25, 0.3) is 0 Å². The number of fused-ring (bicyclic) bond motifs is 1. The molecule has 6 heteroatoms. The second-order valence-corrected chi connectivity index (χ2v) is 5.41. The summed E-state index contributed by atoms with van der Waals surface area (Å²) >= 11 is 0. The fourth-order valence-electron chi connectivity index (χ4n) is 2.81. The molecular formula is C17H15N3O3. The molecule has 23 heavy (non-hydrogen) atoms. The highest BCUT2D eigenvalue weighted by atomic mass is 16.5. The van der Waals surface area contributed by atoms with Crippen molar-refractivity contribution in [3.63, 3.8) is 0 Å². The molecule has 3 aromatic rings. The van der Waals surface area contributed by atoms with Gasteiger partial charge < -0.3 is 13.8 Å². The zero-order chi connectivity index (χ0) is 15.6. The van der Waals surface area contributed by atoms with Gasteiger partial charge in [-0.15, -0.1) is 0 Å². The van der Waals surface area contributed by atoms with Crippen LogP contribution in [0, 0.1) is 0 Å². The second kappa shape index (κ2) is 5.72. The van der Waals surface area contributed by atoms with Crippen LogP contribution in [0.4, 0.5) is 5.69 Å². The fraction of sp³-hybridized carbons (Fsp3) is 0.235. The molecule has 0 saturated heterocycles. The minimum atomic E-state index is 0.0766. The molecule has 0 spiro atoms. The number of amides is 1. The van der Waals surface area contributed by atoms with E-state index < -0.39 is 0 Å². The molecule has 0 bridgehead atoms. The Morgan fingerprint density at radius 2 is 2.13 bits per heavy atom. The number of hydrogen-bond acceptors (Lipinski definition) is 5. The predicted molar refractivity (Wildman–Crippen MR) is 82.8 cm³/mol. The van der Waals surface area contributed by atoms with Gasteiger partial charge >= 0.3 is 0 Å². The Balaban J connectivity index is 1.41. The van der Waals surface area contributed by atoms with E-state index in [4.69, 9.17) is 8.94 Å². The molecule has 1 aromatic carbocycles. The number of aryl methyl sites for hydroxylation is 1. The van der Waals surface area contributed by atoms with Crippen molar-refractivity contribution < 1.29 is 13.7 Å². The monoisotopic (exact) mass is 309 g/mol. The van der Waals surface area contributed by atoms with Gasteiger partial charge in [0.05, 0.1) is 6.26 Å². The quantitative estimate of drug-likeness (QED) is 0.741. The third-order valence-corrected chi connectivity index (χ3v) is 3.95. The van der Waals surface area contributed by atoms with E-state index in [1.807, 2.05) is 23.1 Å².